The van der Waals surface area contributed by atoms with E-state index in [2.05, 4.69) is 15.6 Å². The van der Waals surface area contributed by atoms with Crippen LogP contribution in [0.1, 0.15) is 56.9 Å². The molecule has 4 N–H and O–H groups in total. The fourth-order valence-electron chi connectivity index (χ4n) is 5.99. The van der Waals surface area contributed by atoms with Gasteiger partial charge in [0.2, 0.25) is 5.91 Å². The summed E-state index contributed by atoms with van der Waals surface area (Å²) in [7, 11) is 3.70. The number of aromatic nitrogens is 1. The van der Waals surface area contributed by atoms with E-state index in [1.54, 1.807) is 6.20 Å². The summed E-state index contributed by atoms with van der Waals surface area (Å²) in [6, 6.07) is 7.15. The van der Waals surface area contributed by atoms with Crippen LogP contribution in [0.3, 0.4) is 0 Å². The van der Waals surface area contributed by atoms with Crippen molar-refractivity contribution in [1.29, 1.82) is 0 Å². The normalized spacial score (nSPS) is 20.8. The number of hydrazine groups is 1. The molecule has 1 aliphatic carbocycles. The summed E-state index contributed by atoms with van der Waals surface area (Å²) in [6.45, 7) is 1.02. The highest BCUT2D eigenvalue weighted by molar-refractivity contribution is 6.13. The van der Waals surface area contributed by atoms with Crippen molar-refractivity contribution in [2.24, 2.45) is 5.92 Å². The van der Waals surface area contributed by atoms with Gasteiger partial charge in [0.05, 0.1) is 12.6 Å². The maximum atomic E-state index is 14.3. The topological polar surface area (TPSA) is 121 Å². The maximum absolute atomic E-state index is 14.3. The molecule has 0 bridgehead atoms. The molecule has 9 nitrogen and oxygen atoms in total. The van der Waals surface area contributed by atoms with Gasteiger partial charge in [-0.05, 0) is 54.8 Å². The highest BCUT2D eigenvalue weighted by atomic mass is 35.5. The number of Topliss-reactive ketones (excluding diaryl/α,β-unsaturated/α-hetero) is 1. The summed E-state index contributed by atoms with van der Waals surface area (Å²) in [5.74, 6) is 0.444. The van der Waals surface area contributed by atoms with Gasteiger partial charge in [-0.1, -0.05) is 44.2 Å². The van der Waals surface area contributed by atoms with Crippen LogP contribution in [0.25, 0.3) is 10.8 Å². The van der Waals surface area contributed by atoms with E-state index in [0.29, 0.717) is 37.7 Å². The Morgan fingerprint density at radius 2 is 1.97 bits per heavy atom. The molecule has 1 amide bonds. The molecule has 2 aliphatic rings. The minimum absolute atomic E-state index is 0. The van der Waals surface area contributed by atoms with E-state index in [-0.39, 0.29) is 30.6 Å². The summed E-state index contributed by atoms with van der Waals surface area (Å²) < 4.78 is 0. The van der Waals surface area contributed by atoms with Crippen LogP contribution in [0.15, 0.2) is 30.5 Å². The molecule has 1 aromatic heterocycles. The number of halogens is 1. The zero-order valence-electron chi connectivity index (χ0n) is 22.4. The van der Waals surface area contributed by atoms with Gasteiger partial charge in [0.1, 0.15) is 12.1 Å². The Kier molecular flexibility index (Phi) is 10.6. The van der Waals surface area contributed by atoms with E-state index in [1.165, 1.54) is 19.3 Å². The van der Waals surface area contributed by atoms with E-state index in [0.717, 1.165) is 41.9 Å². The lowest BCUT2D eigenvalue weighted by molar-refractivity contribution is -0.146. The Labute approximate surface area is 231 Å². The number of carbonyl (C=O) groups is 3. The van der Waals surface area contributed by atoms with E-state index < -0.39 is 11.6 Å². The second kappa shape index (κ2) is 13.5. The number of benzene rings is 1. The Morgan fingerprint density at radius 1 is 1.21 bits per heavy atom. The van der Waals surface area contributed by atoms with Gasteiger partial charge in [-0.15, -0.1) is 12.4 Å². The molecule has 1 aromatic carbocycles. The number of hydrogen-bond donors (Lipinski definition) is 3. The maximum Gasteiger partial charge on any atom is 0.248 e. The number of nitrogen functional groups attached to an aromatic ring is 1. The molecule has 1 saturated heterocycles. The standard InChI is InChI=1S/C28H40N6O3.ClH/c1-33(2)34(15-16-35)24(18-20-7-4-3-5-8-20)25(36)28(12-6-13-32-28)27(37)31-19-21-9-10-23-22(17-21)11-14-30-26(23)29;/h9-11,14,16-17,20,24,32H,3-8,12-13,15,18-19H2,1-2H3,(H2,29,30)(H,31,37);1H/t24-,28-;/m1./s1. The summed E-state index contributed by atoms with van der Waals surface area (Å²) in [6.07, 6.45) is 10.1. The number of ketones is 1. The molecule has 4 rings (SSSR count). The second-order valence-corrected chi connectivity index (χ2v) is 10.6. The lowest BCUT2D eigenvalue weighted by atomic mass is 9.79. The van der Waals surface area contributed by atoms with Crippen molar-refractivity contribution in [2.45, 2.75) is 69.5 Å². The van der Waals surface area contributed by atoms with Crippen molar-refractivity contribution in [3.05, 3.63) is 36.0 Å². The van der Waals surface area contributed by atoms with E-state index >= 15 is 0 Å². The van der Waals surface area contributed by atoms with Crippen molar-refractivity contribution < 1.29 is 14.4 Å². The lowest BCUT2D eigenvalue weighted by Crippen LogP contribution is -2.65. The van der Waals surface area contributed by atoms with Crippen molar-refractivity contribution in [3.8, 4) is 0 Å². The third-order valence-electron chi connectivity index (χ3n) is 8.00. The molecular formula is C28H41ClN6O3. The van der Waals surface area contributed by atoms with Gasteiger partial charge < -0.3 is 15.8 Å². The fourth-order valence-corrected chi connectivity index (χ4v) is 5.99. The van der Waals surface area contributed by atoms with Crippen LogP contribution in [0.5, 0.6) is 0 Å². The van der Waals surface area contributed by atoms with Crippen LogP contribution in [-0.2, 0) is 20.9 Å². The minimum Gasteiger partial charge on any atom is -0.383 e. The number of amides is 1. The molecular weight excluding hydrogens is 504 g/mol. The molecule has 2 heterocycles. The van der Waals surface area contributed by atoms with Gasteiger partial charge in [-0.3, -0.25) is 14.9 Å². The number of hydrogen-bond acceptors (Lipinski definition) is 8. The number of nitrogens with one attached hydrogen (secondary N) is 2. The van der Waals surface area contributed by atoms with Crippen LogP contribution < -0.4 is 16.4 Å². The molecule has 2 atom stereocenters. The van der Waals surface area contributed by atoms with Crippen LogP contribution in [-0.4, -0.2) is 71.7 Å². The lowest BCUT2D eigenvalue weighted by Gasteiger charge is -2.40. The van der Waals surface area contributed by atoms with Crippen LogP contribution in [0.2, 0.25) is 0 Å². The quantitative estimate of drug-likeness (QED) is 0.224. The Bertz CT molecular complexity index is 1110. The molecule has 0 unspecified atom stereocenters. The SMILES string of the molecule is CN(C)N(CC=O)[C@H](CC1CCCCC1)C(=O)[C@@]1(C(=O)NCc2ccc3c(N)nccc3c2)CCCN1.Cl. The largest absolute Gasteiger partial charge is 0.383 e. The van der Waals surface area contributed by atoms with Crippen molar-refractivity contribution in [1.82, 2.24) is 25.6 Å². The molecule has 10 heteroatoms. The summed E-state index contributed by atoms with van der Waals surface area (Å²) in [4.78, 5) is 43.7. The predicted octanol–water partition coefficient (Wildman–Crippen LogP) is 2.86. The number of nitrogens with zero attached hydrogens (tertiary/aromatic N) is 3. The first-order valence-electron chi connectivity index (χ1n) is 13.4. The average molecular weight is 545 g/mol. The van der Waals surface area contributed by atoms with Crippen molar-refractivity contribution >= 4 is 47.0 Å². The smallest absolute Gasteiger partial charge is 0.248 e. The number of rotatable bonds is 11. The molecule has 2 fully saturated rings. The first-order chi connectivity index (χ1) is 17.9. The third kappa shape index (κ3) is 6.51. The van der Waals surface area contributed by atoms with E-state index in [9.17, 15) is 14.4 Å². The molecule has 0 radical (unpaired) electrons. The second-order valence-electron chi connectivity index (χ2n) is 10.6. The zero-order chi connectivity index (χ0) is 26.4. The van der Waals surface area contributed by atoms with Gasteiger partial charge in [0.15, 0.2) is 11.3 Å². The fraction of sp³-hybridized carbons (Fsp3) is 0.571. The van der Waals surface area contributed by atoms with Crippen molar-refractivity contribution in [3.63, 3.8) is 0 Å². The highest BCUT2D eigenvalue weighted by Gasteiger charge is 2.51. The van der Waals surface area contributed by atoms with Crippen molar-refractivity contribution in [2.75, 3.05) is 32.9 Å². The number of carbonyl (C=O) groups excluding carboxylic acids is 3. The number of pyridine rings is 1. The van der Waals surface area contributed by atoms with Crippen LogP contribution in [0, 0.1) is 5.92 Å². The Morgan fingerprint density at radius 3 is 2.63 bits per heavy atom. The summed E-state index contributed by atoms with van der Waals surface area (Å²) >= 11 is 0. The summed E-state index contributed by atoms with van der Waals surface area (Å²) in [5.41, 5.74) is 5.58. The Balaban J connectivity index is 0.00000400. The average Bonchev–Trinajstić information content (AvgIpc) is 3.41. The molecule has 1 saturated carbocycles. The number of anilines is 1. The van der Waals surface area contributed by atoms with Gasteiger partial charge in [-0.25, -0.2) is 15.0 Å². The minimum atomic E-state index is -1.30. The first kappa shape index (κ1) is 30.0. The molecule has 1 aliphatic heterocycles. The first-order valence-corrected chi connectivity index (χ1v) is 13.4. The van der Waals surface area contributed by atoms with E-state index in [4.69, 9.17) is 5.73 Å². The van der Waals surface area contributed by atoms with Gasteiger partial charge in [0, 0.05) is 32.2 Å². The van der Waals surface area contributed by atoms with Gasteiger partial charge in [0.25, 0.3) is 0 Å². The van der Waals surface area contributed by atoms with E-state index in [1.807, 2.05) is 48.4 Å². The predicted molar refractivity (Wildman–Crippen MR) is 152 cm³/mol. The highest BCUT2D eigenvalue weighted by Crippen LogP contribution is 2.32. The van der Waals surface area contributed by atoms with Crippen LogP contribution >= 0.6 is 12.4 Å². The zero-order valence-corrected chi connectivity index (χ0v) is 23.3. The number of fused-ring (bicyclic) bond motifs is 1. The molecule has 208 valence electrons. The van der Waals surface area contributed by atoms with Gasteiger partial charge in [-0.2, -0.15) is 0 Å². The number of aldehydes is 1. The Hall–Kier alpha value is -2.59. The molecule has 2 aromatic rings. The molecule has 38 heavy (non-hydrogen) atoms. The summed E-state index contributed by atoms with van der Waals surface area (Å²) in [5, 5.41) is 11.8. The van der Waals surface area contributed by atoms with Gasteiger partial charge >= 0.3 is 0 Å². The third-order valence-corrected chi connectivity index (χ3v) is 8.00. The molecule has 0 spiro atoms. The monoisotopic (exact) mass is 544 g/mol. The number of nitrogens with two attached hydrogens (primary N) is 1. The van der Waals surface area contributed by atoms with Crippen LogP contribution in [0.4, 0.5) is 5.82 Å².